The van der Waals surface area contributed by atoms with Gasteiger partial charge in [0.05, 0.1) is 13.2 Å². The Bertz CT molecular complexity index is 140. The molecule has 0 spiro atoms. The van der Waals surface area contributed by atoms with Crippen LogP contribution in [-0.4, -0.2) is 32.0 Å². The zero-order valence-corrected chi connectivity index (χ0v) is 8.01. The van der Waals surface area contributed by atoms with E-state index in [1.165, 1.54) is 0 Å². The predicted molar refractivity (Wildman–Crippen MR) is 48.0 cm³/mol. The summed E-state index contributed by atoms with van der Waals surface area (Å²) in [6.07, 6.45) is 1.08. The highest BCUT2D eigenvalue weighted by Gasteiger charge is 2.42. The van der Waals surface area contributed by atoms with Gasteiger partial charge in [-0.05, 0) is 13.3 Å². The monoisotopic (exact) mass is 173 g/mol. The van der Waals surface area contributed by atoms with E-state index in [1.807, 2.05) is 6.92 Å². The third-order valence-corrected chi connectivity index (χ3v) is 2.68. The first kappa shape index (κ1) is 9.96. The fraction of sp³-hybridized carbons (Fsp3) is 1.00. The van der Waals surface area contributed by atoms with Crippen LogP contribution >= 0.6 is 0 Å². The van der Waals surface area contributed by atoms with E-state index in [2.05, 4.69) is 6.92 Å². The van der Waals surface area contributed by atoms with Gasteiger partial charge >= 0.3 is 0 Å². The SMILES string of the molecule is CCOC1(CN)COCC1CC. The average molecular weight is 173 g/mol. The molecular formula is C9H19NO2. The smallest absolute Gasteiger partial charge is 0.108 e. The van der Waals surface area contributed by atoms with E-state index in [-0.39, 0.29) is 5.60 Å². The zero-order valence-electron chi connectivity index (χ0n) is 8.01. The lowest BCUT2D eigenvalue weighted by Crippen LogP contribution is -2.47. The average Bonchev–Trinajstić information content (AvgIpc) is 2.49. The van der Waals surface area contributed by atoms with Crippen molar-refractivity contribution < 1.29 is 9.47 Å². The van der Waals surface area contributed by atoms with E-state index in [9.17, 15) is 0 Å². The van der Waals surface area contributed by atoms with Crippen LogP contribution in [0.25, 0.3) is 0 Å². The molecule has 1 heterocycles. The van der Waals surface area contributed by atoms with Crippen LogP contribution < -0.4 is 5.73 Å². The van der Waals surface area contributed by atoms with Crippen LogP contribution in [0.5, 0.6) is 0 Å². The molecule has 0 bridgehead atoms. The van der Waals surface area contributed by atoms with Crippen LogP contribution in [0.1, 0.15) is 20.3 Å². The standard InChI is InChI=1S/C9H19NO2/c1-3-8-5-11-7-9(8,6-10)12-4-2/h8H,3-7,10H2,1-2H3. The Hall–Kier alpha value is -0.120. The Balaban J connectivity index is 2.61. The van der Waals surface area contributed by atoms with Crippen molar-refractivity contribution >= 4 is 0 Å². The van der Waals surface area contributed by atoms with Crippen molar-refractivity contribution in [2.75, 3.05) is 26.4 Å². The van der Waals surface area contributed by atoms with E-state index in [4.69, 9.17) is 15.2 Å². The van der Waals surface area contributed by atoms with E-state index in [0.717, 1.165) is 19.6 Å². The van der Waals surface area contributed by atoms with Crippen LogP contribution in [0.15, 0.2) is 0 Å². The van der Waals surface area contributed by atoms with Gasteiger partial charge in [0.2, 0.25) is 0 Å². The molecule has 0 aromatic carbocycles. The molecule has 2 atom stereocenters. The topological polar surface area (TPSA) is 44.5 Å². The minimum Gasteiger partial charge on any atom is -0.378 e. The summed E-state index contributed by atoms with van der Waals surface area (Å²) < 4.78 is 11.1. The van der Waals surface area contributed by atoms with Crippen LogP contribution in [0.4, 0.5) is 0 Å². The van der Waals surface area contributed by atoms with E-state index in [1.54, 1.807) is 0 Å². The molecule has 12 heavy (non-hydrogen) atoms. The largest absolute Gasteiger partial charge is 0.378 e. The first-order chi connectivity index (χ1) is 5.79. The molecule has 1 saturated heterocycles. The molecule has 1 aliphatic heterocycles. The summed E-state index contributed by atoms with van der Waals surface area (Å²) in [5.41, 5.74) is 5.52. The summed E-state index contributed by atoms with van der Waals surface area (Å²) in [6.45, 7) is 6.91. The van der Waals surface area contributed by atoms with Crippen LogP contribution in [0, 0.1) is 5.92 Å². The molecule has 0 amide bonds. The van der Waals surface area contributed by atoms with Gasteiger partial charge in [-0.1, -0.05) is 6.92 Å². The molecular weight excluding hydrogens is 154 g/mol. The van der Waals surface area contributed by atoms with Crippen molar-refractivity contribution in [3.05, 3.63) is 0 Å². The Labute approximate surface area is 74.2 Å². The molecule has 0 aromatic rings. The zero-order chi connectivity index (χ0) is 9.03. The molecule has 2 N–H and O–H groups in total. The van der Waals surface area contributed by atoms with E-state index >= 15 is 0 Å². The molecule has 3 heteroatoms. The van der Waals surface area contributed by atoms with Gasteiger partial charge in [-0.25, -0.2) is 0 Å². The van der Waals surface area contributed by atoms with Crippen LogP contribution in [0.2, 0.25) is 0 Å². The maximum absolute atomic E-state index is 5.72. The second-order valence-electron chi connectivity index (χ2n) is 3.32. The normalized spacial score (nSPS) is 35.8. The van der Waals surface area contributed by atoms with Crippen LogP contribution in [-0.2, 0) is 9.47 Å². The van der Waals surface area contributed by atoms with E-state index in [0.29, 0.717) is 19.1 Å². The maximum Gasteiger partial charge on any atom is 0.108 e. The number of ether oxygens (including phenoxy) is 2. The van der Waals surface area contributed by atoms with Crippen molar-refractivity contribution in [1.29, 1.82) is 0 Å². The fourth-order valence-corrected chi connectivity index (χ4v) is 1.87. The third-order valence-electron chi connectivity index (χ3n) is 2.68. The molecule has 0 aliphatic carbocycles. The summed E-state index contributed by atoms with van der Waals surface area (Å²) >= 11 is 0. The second-order valence-corrected chi connectivity index (χ2v) is 3.32. The number of rotatable bonds is 4. The molecule has 2 unspecified atom stereocenters. The van der Waals surface area contributed by atoms with Gasteiger partial charge in [0.1, 0.15) is 5.60 Å². The minimum atomic E-state index is -0.191. The molecule has 0 saturated carbocycles. The van der Waals surface area contributed by atoms with Gasteiger partial charge in [-0.15, -0.1) is 0 Å². The highest BCUT2D eigenvalue weighted by molar-refractivity contribution is 4.93. The third kappa shape index (κ3) is 1.63. The molecule has 72 valence electrons. The van der Waals surface area contributed by atoms with Gasteiger partial charge in [0.15, 0.2) is 0 Å². The summed E-state index contributed by atoms with van der Waals surface area (Å²) in [5.74, 6) is 0.474. The summed E-state index contributed by atoms with van der Waals surface area (Å²) in [7, 11) is 0. The maximum atomic E-state index is 5.72. The van der Waals surface area contributed by atoms with Gasteiger partial charge in [0, 0.05) is 19.1 Å². The van der Waals surface area contributed by atoms with Crippen molar-refractivity contribution in [2.24, 2.45) is 11.7 Å². The van der Waals surface area contributed by atoms with Gasteiger partial charge in [0.25, 0.3) is 0 Å². The minimum absolute atomic E-state index is 0.191. The Morgan fingerprint density at radius 3 is 2.83 bits per heavy atom. The van der Waals surface area contributed by atoms with Crippen molar-refractivity contribution in [3.8, 4) is 0 Å². The number of hydrogen-bond acceptors (Lipinski definition) is 3. The molecule has 1 rings (SSSR count). The Morgan fingerprint density at radius 2 is 2.33 bits per heavy atom. The summed E-state index contributed by atoms with van der Waals surface area (Å²) in [5, 5.41) is 0. The van der Waals surface area contributed by atoms with Crippen molar-refractivity contribution in [1.82, 2.24) is 0 Å². The summed E-state index contributed by atoms with van der Waals surface area (Å²) in [4.78, 5) is 0. The number of nitrogens with two attached hydrogens (primary N) is 1. The first-order valence-electron chi connectivity index (χ1n) is 4.70. The lowest BCUT2D eigenvalue weighted by atomic mass is 9.88. The van der Waals surface area contributed by atoms with E-state index < -0.39 is 0 Å². The molecule has 0 radical (unpaired) electrons. The Kier molecular flexibility index (Phi) is 3.50. The molecule has 0 aromatic heterocycles. The van der Waals surface area contributed by atoms with Crippen molar-refractivity contribution in [2.45, 2.75) is 25.9 Å². The first-order valence-corrected chi connectivity index (χ1v) is 4.70. The molecule has 3 nitrogen and oxygen atoms in total. The lowest BCUT2D eigenvalue weighted by Gasteiger charge is -2.31. The van der Waals surface area contributed by atoms with Gasteiger partial charge in [-0.3, -0.25) is 0 Å². The molecule has 1 fully saturated rings. The number of hydrogen-bond donors (Lipinski definition) is 1. The van der Waals surface area contributed by atoms with Gasteiger partial charge in [-0.2, -0.15) is 0 Å². The highest BCUT2D eigenvalue weighted by atomic mass is 16.6. The predicted octanol–water partition coefficient (Wildman–Crippen LogP) is 0.777. The lowest BCUT2D eigenvalue weighted by molar-refractivity contribution is -0.0598. The quantitative estimate of drug-likeness (QED) is 0.683. The molecule has 1 aliphatic rings. The Morgan fingerprint density at radius 1 is 1.58 bits per heavy atom. The fourth-order valence-electron chi connectivity index (χ4n) is 1.87. The van der Waals surface area contributed by atoms with Gasteiger partial charge < -0.3 is 15.2 Å². The summed E-state index contributed by atoms with van der Waals surface area (Å²) in [6, 6.07) is 0. The van der Waals surface area contributed by atoms with Crippen molar-refractivity contribution in [3.63, 3.8) is 0 Å². The van der Waals surface area contributed by atoms with Crippen LogP contribution in [0.3, 0.4) is 0 Å². The highest BCUT2D eigenvalue weighted by Crippen LogP contribution is 2.30. The second kappa shape index (κ2) is 4.21.